The predicted octanol–water partition coefficient (Wildman–Crippen LogP) is -9.65. The molecule has 0 unspecified atom stereocenters. The molecule has 0 aliphatic heterocycles. The van der Waals surface area contributed by atoms with Gasteiger partial charge in [0, 0.05) is 0 Å². The maximum Gasteiger partial charge on any atom is 3.00 e. The first kappa shape index (κ1) is 43.3. The minimum atomic E-state index is 0. The smallest absolute Gasteiger partial charge is 1.00 e. The minimum Gasteiger partial charge on any atom is -1.00 e. The first-order valence-corrected chi connectivity index (χ1v) is 0.258. The maximum absolute atomic E-state index is 6.50. The zero-order chi connectivity index (χ0) is 2.00. The molecule has 0 aliphatic rings. The van der Waals surface area contributed by atoms with Gasteiger partial charge < -0.3 is 42.4 Å². The summed E-state index contributed by atoms with van der Waals surface area (Å²) in [7, 11) is 0. The summed E-state index contributed by atoms with van der Waals surface area (Å²) in [5, 5.41) is 6.50. The zero-order valence-electron chi connectivity index (χ0n) is 2.42. The first-order chi connectivity index (χ1) is 1.00. The van der Waals surface area contributed by atoms with Crippen molar-refractivity contribution in [2.24, 2.45) is 5.90 Å². The molecule has 0 bridgehead atoms. The maximum atomic E-state index is 6.50. The van der Waals surface area contributed by atoms with Crippen LogP contribution in [0.3, 0.4) is 0 Å². The number of halogens is 3. The molecule has 2 nitrogen and oxygen atoms in total. The van der Waals surface area contributed by atoms with E-state index in [1.165, 1.54) is 0 Å². The van der Waals surface area contributed by atoms with Crippen molar-refractivity contribution in [2.45, 2.75) is 0 Å². The van der Waals surface area contributed by atoms with Crippen molar-refractivity contribution in [3.05, 3.63) is 0 Å². The van der Waals surface area contributed by atoms with E-state index in [-0.39, 0.29) is 74.1 Å². The molecule has 0 radical (unpaired) electrons. The normalized spacial score (nSPS) is 1.00. The van der Waals surface area contributed by atoms with Gasteiger partial charge in [0.05, 0.1) is 0 Å². The molecule has 0 amide bonds. The SMILES string of the molecule is NO.[Cl-].[Cl-].[Cl-].[Lu+3]. The number of nitrogens with two attached hydrogens (primary N) is 1. The molecule has 3 N–H and O–H groups in total. The second-order valence-corrected chi connectivity index (χ2v) is 0. The van der Waals surface area contributed by atoms with E-state index in [0.717, 1.165) is 0 Å². The van der Waals surface area contributed by atoms with E-state index in [0.29, 0.717) is 0 Å². The van der Waals surface area contributed by atoms with Gasteiger partial charge in [0.25, 0.3) is 0 Å². The van der Waals surface area contributed by atoms with Gasteiger partial charge in [0.2, 0.25) is 0 Å². The number of hydrogen-bond donors (Lipinski definition) is 2. The zero-order valence-corrected chi connectivity index (χ0v) is 6.34. The third kappa shape index (κ3) is 37.1. The summed E-state index contributed by atoms with van der Waals surface area (Å²) in [4.78, 5) is 0. The second-order valence-electron chi connectivity index (χ2n) is 0. The summed E-state index contributed by atoms with van der Waals surface area (Å²) in [5.41, 5.74) is 0. The van der Waals surface area contributed by atoms with Crippen LogP contribution in [0.2, 0.25) is 0 Å². The summed E-state index contributed by atoms with van der Waals surface area (Å²) < 4.78 is 0. The van der Waals surface area contributed by atoms with Crippen LogP contribution in [0.5, 0.6) is 0 Å². The second kappa shape index (κ2) is 62.2. The van der Waals surface area contributed by atoms with Crippen LogP contribution in [-0.2, 0) is 0 Å². The predicted molar refractivity (Wildman–Crippen MR) is 5.97 cm³/mol. The third-order valence-corrected chi connectivity index (χ3v) is 0. The van der Waals surface area contributed by atoms with E-state index in [4.69, 9.17) is 5.21 Å². The van der Waals surface area contributed by atoms with E-state index in [9.17, 15) is 0 Å². The van der Waals surface area contributed by atoms with Crippen LogP contribution in [0, 0.1) is 36.9 Å². The molecule has 0 aliphatic carbocycles. The summed E-state index contributed by atoms with van der Waals surface area (Å²) in [5.74, 6) is 3.50. The van der Waals surface area contributed by atoms with Gasteiger partial charge in [0.15, 0.2) is 0 Å². The molecular formula is H3Cl3LuNO. The van der Waals surface area contributed by atoms with Crippen LogP contribution >= 0.6 is 0 Å². The van der Waals surface area contributed by atoms with Gasteiger partial charge in [0.1, 0.15) is 0 Å². The number of rotatable bonds is 0. The Hall–Kier alpha value is 2.02. The monoisotopic (exact) mass is 313 g/mol. The first-order valence-electron chi connectivity index (χ1n) is 0.258. The van der Waals surface area contributed by atoms with Crippen molar-refractivity contribution in [3.63, 3.8) is 0 Å². The third-order valence-electron chi connectivity index (χ3n) is 0. The molecular weight excluding hydrogens is 311 g/mol. The molecule has 0 fully saturated rings. The fourth-order valence-electron chi connectivity index (χ4n) is 0. The van der Waals surface area contributed by atoms with E-state index < -0.39 is 0 Å². The quantitative estimate of drug-likeness (QED) is 0.436. The van der Waals surface area contributed by atoms with E-state index in [2.05, 4.69) is 5.90 Å². The Kier molecular flexibility index (Phi) is 449. The molecule has 0 aromatic carbocycles. The van der Waals surface area contributed by atoms with Crippen LogP contribution < -0.4 is 43.1 Å². The Bertz CT molecular complexity index is 10.8. The molecule has 0 aromatic rings. The molecule has 0 rings (SSSR count). The average molecular weight is 314 g/mol. The van der Waals surface area contributed by atoms with Crippen molar-refractivity contribution >= 4 is 0 Å². The van der Waals surface area contributed by atoms with Gasteiger partial charge in [-0.25, -0.2) is 5.90 Å². The van der Waals surface area contributed by atoms with E-state index in [1.54, 1.807) is 0 Å². The van der Waals surface area contributed by atoms with E-state index in [1.807, 2.05) is 0 Å². The standard InChI is InChI=1S/3ClH.Lu.H3NO/c;;;;1-2/h3*1H;;2H,1H2/q;;;+3;/p-3. The Morgan fingerprint density at radius 2 is 0.833 bits per heavy atom. The van der Waals surface area contributed by atoms with Crippen LogP contribution in [0.4, 0.5) is 0 Å². The molecule has 6 heteroatoms. The molecule has 0 spiro atoms. The molecule has 0 aromatic heterocycles. The molecule has 6 heavy (non-hydrogen) atoms. The van der Waals surface area contributed by atoms with E-state index >= 15 is 0 Å². The van der Waals surface area contributed by atoms with Crippen molar-refractivity contribution in [3.8, 4) is 0 Å². The van der Waals surface area contributed by atoms with Crippen LogP contribution in [0.25, 0.3) is 0 Å². The molecule has 0 atom stereocenters. The minimum absolute atomic E-state index is 0. The van der Waals surface area contributed by atoms with Gasteiger partial charge in [-0.05, 0) is 0 Å². The fourth-order valence-corrected chi connectivity index (χ4v) is 0. The van der Waals surface area contributed by atoms with Gasteiger partial charge in [-0.2, -0.15) is 0 Å². The Morgan fingerprint density at radius 1 is 0.833 bits per heavy atom. The Morgan fingerprint density at radius 3 is 0.833 bits per heavy atom. The van der Waals surface area contributed by atoms with Gasteiger partial charge in [-0.1, -0.05) is 0 Å². The summed E-state index contributed by atoms with van der Waals surface area (Å²) in [6.07, 6.45) is 0. The van der Waals surface area contributed by atoms with Crippen LogP contribution in [0.1, 0.15) is 0 Å². The molecule has 50 valence electrons. The van der Waals surface area contributed by atoms with Gasteiger partial charge >= 0.3 is 36.9 Å². The van der Waals surface area contributed by atoms with Gasteiger partial charge in [-0.3, -0.25) is 0 Å². The largest absolute Gasteiger partial charge is 3.00 e. The molecule has 0 saturated heterocycles. The van der Waals surface area contributed by atoms with Crippen molar-refractivity contribution < 1.29 is 79.3 Å². The van der Waals surface area contributed by atoms with Crippen LogP contribution in [0.15, 0.2) is 0 Å². The van der Waals surface area contributed by atoms with Crippen molar-refractivity contribution in [2.75, 3.05) is 0 Å². The molecule has 0 saturated carbocycles. The average Bonchev–Trinajstić information content (AvgIpc) is 1.00. The topological polar surface area (TPSA) is 46.2 Å². The summed E-state index contributed by atoms with van der Waals surface area (Å²) >= 11 is 0. The fraction of sp³-hybridized carbons (Fsp3) is 0. The summed E-state index contributed by atoms with van der Waals surface area (Å²) in [6, 6.07) is 0. The van der Waals surface area contributed by atoms with Crippen LogP contribution in [-0.4, -0.2) is 5.21 Å². The van der Waals surface area contributed by atoms with Gasteiger partial charge in [-0.15, -0.1) is 0 Å². The summed E-state index contributed by atoms with van der Waals surface area (Å²) in [6.45, 7) is 0. The van der Waals surface area contributed by atoms with Crippen molar-refractivity contribution in [1.29, 1.82) is 0 Å². The number of hydrogen-bond acceptors (Lipinski definition) is 2. The Balaban J connectivity index is -0.000000000833. The Labute approximate surface area is 84.2 Å². The molecule has 0 heterocycles. The van der Waals surface area contributed by atoms with Crippen molar-refractivity contribution in [1.82, 2.24) is 0 Å².